The van der Waals surface area contributed by atoms with E-state index in [0.717, 1.165) is 19.3 Å². The van der Waals surface area contributed by atoms with Crippen molar-refractivity contribution in [2.75, 3.05) is 0 Å². The van der Waals surface area contributed by atoms with Crippen molar-refractivity contribution in [3.8, 4) is 0 Å². The van der Waals surface area contributed by atoms with Gasteiger partial charge in [0.15, 0.2) is 0 Å². The van der Waals surface area contributed by atoms with Gasteiger partial charge in [0, 0.05) is 17.5 Å². The second kappa shape index (κ2) is 11.2. The Bertz CT molecular complexity index is 555. The highest BCUT2D eigenvalue weighted by Gasteiger charge is 2.14. The molecular weight excluding hydrogens is 316 g/mol. The lowest BCUT2D eigenvalue weighted by atomic mass is 9.92. The van der Waals surface area contributed by atoms with E-state index in [-0.39, 0.29) is 23.5 Å². The molecule has 0 spiro atoms. The van der Waals surface area contributed by atoms with Crippen molar-refractivity contribution < 1.29 is 9.32 Å². The average Bonchev–Trinajstić information content (AvgIpc) is 3.07. The summed E-state index contributed by atoms with van der Waals surface area (Å²) in [5.74, 6) is 0.253. The van der Waals surface area contributed by atoms with Crippen molar-refractivity contribution in [1.29, 1.82) is 0 Å². The van der Waals surface area contributed by atoms with Gasteiger partial charge in [-0.1, -0.05) is 57.0 Å². The standard InChI is InChI=1S/C13H20O.C3H2N2OS2/c1-3-4-10-13(14)11(2)12-8-6-5-7-9-12;6-8-5-3-4-1-2-7-3/h5-9,11,13-14H,3-4,10H2,1-2H3;1-2H. The Morgan fingerprint density at radius 3 is 2.64 bits per heavy atom. The molecule has 0 radical (unpaired) electrons. The van der Waals surface area contributed by atoms with Crippen LogP contribution in [0.3, 0.4) is 0 Å². The number of aliphatic hydroxyl groups is 1. The van der Waals surface area contributed by atoms with Crippen LogP contribution in [0, 0.1) is 0 Å². The van der Waals surface area contributed by atoms with Crippen LogP contribution in [0.5, 0.6) is 0 Å². The first-order chi connectivity index (χ1) is 10.7. The molecular formula is C16H22N2O2S2. The van der Waals surface area contributed by atoms with E-state index in [0.29, 0.717) is 5.13 Å². The fraction of sp³-hybridized carbons (Fsp3) is 0.438. The molecule has 0 aliphatic rings. The lowest BCUT2D eigenvalue weighted by Crippen LogP contribution is -2.15. The molecule has 0 saturated heterocycles. The van der Waals surface area contributed by atoms with Crippen molar-refractivity contribution in [1.82, 2.24) is 4.98 Å². The number of thiazole rings is 1. The molecule has 2 atom stereocenters. The predicted molar refractivity (Wildman–Crippen MR) is 92.7 cm³/mol. The fourth-order valence-electron chi connectivity index (χ4n) is 1.93. The van der Waals surface area contributed by atoms with Crippen molar-refractivity contribution in [2.45, 2.75) is 45.1 Å². The van der Waals surface area contributed by atoms with Crippen molar-refractivity contribution in [2.24, 2.45) is 4.36 Å². The molecule has 4 nitrogen and oxygen atoms in total. The Labute approximate surface area is 139 Å². The van der Waals surface area contributed by atoms with Crippen molar-refractivity contribution in [3.63, 3.8) is 0 Å². The molecule has 2 rings (SSSR count). The van der Waals surface area contributed by atoms with Gasteiger partial charge in [0.25, 0.3) is 0 Å². The van der Waals surface area contributed by atoms with Crippen LogP contribution in [0.2, 0.25) is 0 Å². The number of rotatable bonds is 6. The van der Waals surface area contributed by atoms with Crippen LogP contribution >= 0.6 is 11.3 Å². The third-order valence-corrected chi connectivity index (χ3v) is 4.32. The van der Waals surface area contributed by atoms with Crippen LogP contribution < -0.4 is 0 Å². The minimum Gasteiger partial charge on any atom is -0.393 e. The third kappa shape index (κ3) is 7.06. The second-order valence-corrected chi connectivity index (χ2v) is 6.09. The monoisotopic (exact) mass is 338 g/mol. The molecule has 1 heterocycles. The highest BCUT2D eigenvalue weighted by atomic mass is 32.1. The summed E-state index contributed by atoms with van der Waals surface area (Å²) in [6.07, 6.45) is 4.58. The Balaban J connectivity index is 0.000000255. The van der Waals surface area contributed by atoms with E-state index >= 15 is 0 Å². The van der Waals surface area contributed by atoms with Gasteiger partial charge >= 0.3 is 0 Å². The molecule has 2 unspecified atom stereocenters. The summed E-state index contributed by atoms with van der Waals surface area (Å²) in [4.78, 5) is 3.74. The van der Waals surface area contributed by atoms with Gasteiger partial charge in [-0.25, -0.2) is 4.98 Å². The largest absolute Gasteiger partial charge is 0.393 e. The van der Waals surface area contributed by atoms with E-state index < -0.39 is 0 Å². The Morgan fingerprint density at radius 1 is 1.36 bits per heavy atom. The van der Waals surface area contributed by atoms with Gasteiger partial charge in [0.2, 0.25) is 16.6 Å². The molecule has 1 aromatic carbocycles. The number of aromatic nitrogens is 1. The van der Waals surface area contributed by atoms with Crippen LogP contribution in [-0.2, 0) is 11.5 Å². The third-order valence-electron chi connectivity index (χ3n) is 3.29. The predicted octanol–water partition coefficient (Wildman–Crippen LogP) is 4.51. The maximum absolute atomic E-state index is 9.90. The summed E-state index contributed by atoms with van der Waals surface area (Å²) < 4.78 is 13.1. The fourth-order valence-corrected chi connectivity index (χ4v) is 2.67. The van der Waals surface area contributed by atoms with E-state index in [1.54, 1.807) is 11.6 Å². The quantitative estimate of drug-likeness (QED) is 0.842. The van der Waals surface area contributed by atoms with Gasteiger partial charge in [-0.15, -0.1) is 15.7 Å². The first-order valence-electron chi connectivity index (χ1n) is 7.31. The van der Waals surface area contributed by atoms with Gasteiger partial charge < -0.3 is 5.11 Å². The lowest BCUT2D eigenvalue weighted by Gasteiger charge is -2.18. The number of nitrogens with zero attached hydrogens (tertiary/aromatic N) is 2. The number of unbranched alkanes of at least 4 members (excludes halogenated alkanes) is 1. The number of benzene rings is 1. The van der Waals surface area contributed by atoms with Gasteiger partial charge in [-0.3, -0.25) is 0 Å². The Hall–Kier alpha value is -1.37. The summed E-state index contributed by atoms with van der Waals surface area (Å²) in [7, 11) is 0. The molecule has 0 saturated carbocycles. The van der Waals surface area contributed by atoms with Crippen LogP contribution in [0.4, 0.5) is 5.13 Å². The molecule has 1 N–H and O–H groups in total. The first-order valence-corrected chi connectivity index (χ1v) is 8.89. The molecule has 120 valence electrons. The summed E-state index contributed by atoms with van der Waals surface area (Å²) >= 11 is 1.53. The van der Waals surface area contributed by atoms with Gasteiger partial charge in [-0.2, -0.15) is 4.21 Å². The SMILES string of the molecule is CCCCC(O)C(C)c1ccccc1.O=S=Nc1nccs1. The molecule has 6 heteroatoms. The van der Waals surface area contributed by atoms with E-state index in [2.05, 4.69) is 35.3 Å². The van der Waals surface area contributed by atoms with Gasteiger partial charge in [0.1, 0.15) is 0 Å². The molecule has 1 aromatic heterocycles. The zero-order chi connectivity index (χ0) is 16.2. The Kier molecular flexibility index (Phi) is 9.54. The molecule has 2 aromatic rings. The summed E-state index contributed by atoms with van der Waals surface area (Å²) in [6, 6.07) is 10.2. The summed E-state index contributed by atoms with van der Waals surface area (Å²) in [6.45, 7) is 4.25. The number of hydrogen-bond donors (Lipinski definition) is 1. The van der Waals surface area contributed by atoms with E-state index in [1.165, 1.54) is 16.9 Å². The van der Waals surface area contributed by atoms with Crippen LogP contribution in [0.1, 0.15) is 44.6 Å². The Morgan fingerprint density at radius 2 is 2.09 bits per heavy atom. The molecule has 0 amide bonds. The van der Waals surface area contributed by atoms with Crippen LogP contribution in [0.15, 0.2) is 46.3 Å². The normalized spacial score (nSPS) is 12.7. The molecule has 0 bridgehead atoms. The minimum absolute atomic E-state index is 0.182. The van der Waals surface area contributed by atoms with E-state index in [9.17, 15) is 9.32 Å². The minimum atomic E-state index is -0.197. The van der Waals surface area contributed by atoms with Crippen LogP contribution in [-0.4, -0.2) is 20.4 Å². The number of hydrogen-bond acceptors (Lipinski definition) is 5. The summed E-state index contributed by atoms with van der Waals surface area (Å²) in [5, 5.41) is 12.2. The summed E-state index contributed by atoms with van der Waals surface area (Å²) in [5.41, 5.74) is 1.23. The lowest BCUT2D eigenvalue weighted by molar-refractivity contribution is 0.137. The molecule has 0 fully saturated rings. The molecule has 22 heavy (non-hydrogen) atoms. The highest BCUT2D eigenvalue weighted by Crippen LogP contribution is 2.21. The van der Waals surface area contributed by atoms with E-state index in [1.807, 2.05) is 18.2 Å². The van der Waals surface area contributed by atoms with Gasteiger partial charge in [-0.05, 0) is 12.0 Å². The average molecular weight is 338 g/mol. The molecule has 0 aliphatic carbocycles. The maximum atomic E-state index is 9.90. The second-order valence-electron chi connectivity index (χ2n) is 4.89. The zero-order valence-corrected chi connectivity index (χ0v) is 14.5. The van der Waals surface area contributed by atoms with Crippen molar-refractivity contribution in [3.05, 3.63) is 47.5 Å². The van der Waals surface area contributed by atoms with Gasteiger partial charge in [0.05, 0.1) is 6.10 Å². The maximum Gasteiger partial charge on any atom is 0.223 e. The van der Waals surface area contributed by atoms with Crippen molar-refractivity contribution >= 4 is 27.9 Å². The molecule has 0 aliphatic heterocycles. The van der Waals surface area contributed by atoms with E-state index in [4.69, 9.17) is 0 Å². The first kappa shape index (κ1) is 18.7. The topological polar surface area (TPSA) is 62.5 Å². The highest BCUT2D eigenvalue weighted by molar-refractivity contribution is 7.55. The smallest absolute Gasteiger partial charge is 0.223 e. The zero-order valence-electron chi connectivity index (χ0n) is 12.9. The van der Waals surface area contributed by atoms with Crippen LogP contribution in [0.25, 0.3) is 0 Å². The number of aliphatic hydroxyl groups excluding tert-OH is 1.